The molecule has 0 aromatic rings. The van der Waals surface area contributed by atoms with E-state index in [0.717, 1.165) is 25.7 Å². The van der Waals surface area contributed by atoms with Crippen molar-refractivity contribution in [3.8, 4) is 18.4 Å². The zero-order chi connectivity index (χ0) is 12.7. The monoisotopic (exact) mass is 232 g/mol. The number of terminal acetylenes is 1. The molecule has 0 radical (unpaired) electrons. The lowest BCUT2D eigenvalue weighted by Crippen LogP contribution is -2.45. The van der Waals surface area contributed by atoms with Gasteiger partial charge < -0.3 is 4.90 Å². The lowest BCUT2D eigenvalue weighted by molar-refractivity contribution is -0.140. The van der Waals surface area contributed by atoms with E-state index < -0.39 is 5.41 Å². The Hall–Kier alpha value is -1.48. The predicted molar refractivity (Wildman–Crippen MR) is 66.8 cm³/mol. The predicted octanol–water partition coefficient (Wildman–Crippen LogP) is 2.33. The second-order valence-electron chi connectivity index (χ2n) is 4.69. The number of amides is 1. The van der Waals surface area contributed by atoms with E-state index in [9.17, 15) is 10.1 Å². The largest absolute Gasteiger partial charge is 0.330 e. The molecule has 3 heteroatoms. The van der Waals surface area contributed by atoms with Crippen molar-refractivity contribution in [2.75, 3.05) is 13.1 Å². The maximum atomic E-state index is 12.4. The summed E-state index contributed by atoms with van der Waals surface area (Å²) in [6.45, 7) is 2.97. The van der Waals surface area contributed by atoms with Gasteiger partial charge in [0.15, 0.2) is 0 Å². The highest BCUT2D eigenvalue weighted by molar-refractivity contribution is 5.85. The van der Waals surface area contributed by atoms with E-state index in [-0.39, 0.29) is 5.91 Å². The van der Waals surface area contributed by atoms with Gasteiger partial charge in [-0.05, 0) is 19.3 Å². The lowest BCUT2D eigenvalue weighted by atomic mass is 9.74. The number of hydrogen-bond donors (Lipinski definition) is 0. The summed E-state index contributed by atoms with van der Waals surface area (Å²) in [4.78, 5) is 14.1. The van der Waals surface area contributed by atoms with Crippen LogP contribution in [-0.2, 0) is 4.79 Å². The first-order valence-electron chi connectivity index (χ1n) is 6.34. The Balaban J connectivity index is 2.83. The van der Waals surface area contributed by atoms with Gasteiger partial charge in [0, 0.05) is 6.54 Å². The quantitative estimate of drug-likeness (QED) is 0.698. The molecule has 1 fully saturated rings. The lowest BCUT2D eigenvalue weighted by Gasteiger charge is -2.34. The van der Waals surface area contributed by atoms with Crippen LogP contribution in [0.25, 0.3) is 0 Å². The summed E-state index contributed by atoms with van der Waals surface area (Å²) < 4.78 is 0. The van der Waals surface area contributed by atoms with Crippen LogP contribution in [0.4, 0.5) is 0 Å². The number of nitrogens with zero attached hydrogens (tertiary/aromatic N) is 2. The molecule has 1 aliphatic rings. The molecule has 3 nitrogen and oxygen atoms in total. The van der Waals surface area contributed by atoms with Gasteiger partial charge in [-0.2, -0.15) is 5.26 Å². The number of hydrogen-bond acceptors (Lipinski definition) is 2. The van der Waals surface area contributed by atoms with Crippen molar-refractivity contribution in [2.45, 2.75) is 45.4 Å². The van der Waals surface area contributed by atoms with E-state index >= 15 is 0 Å². The number of nitriles is 1. The van der Waals surface area contributed by atoms with Crippen molar-refractivity contribution in [3.63, 3.8) is 0 Å². The molecule has 0 spiro atoms. The Kier molecular flexibility index (Phi) is 5.04. The third-order valence-corrected chi connectivity index (χ3v) is 3.39. The maximum Gasteiger partial charge on any atom is 0.243 e. The molecule has 17 heavy (non-hydrogen) atoms. The Labute approximate surface area is 104 Å². The van der Waals surface area contributed by atoms with Gasteiger partial charge >= 0.3 is 0 Å². The molecule has 0 unspecified atom stereocenters. The fraction of sp³-hybridized carbons (Fsp3) is 0.714. The van der Waals surface area contributed by atoms with Crippen LogP contribution < -0.4 is 0 Å². The molecule has 0 atom stereocenters. The molecule has 92 valence electrons. The zero-order valence-electron chi connectivity index (χ0n) is 10.5. The van der Waals surface area contributed by atoms with Crippen LogP contribution in [0.2, 0.25) is 0 Å². The van der Waals surface area contributed by atoms with E-state index in [4.69, 9.17) is 6.42 Å². The van der Waals surface area contributed by atoms with Crippen molar-refractivity contribution in [2.24, 2.45) is 5.41 Å². The Bertz CT molecular complexity index is 342. The van der Waals surface area contributed by atoms with Gasteiger partial charge in [0.1, 0.15) is 5.41 Å². The van der Waals surface area contributed by atoms with E-state index in [1.54, 1.807) is 4.90 Å². The summed E-state index contributed by atoms with van der Waals surface area (Å²) >= 11 is 0. The minimum atomic E-state index is -0.801. The Morgan fingerprint density at radius 1 is 1.41 bits per heavy atom. The molecule has 1 amide bonds. The van der Waals surface area contributed by atoms with Gasteiger partial charge in [-0.1, -0.05) is 32.1 Å². The van der Waals surface area contributed by atoms with Gasteiger partial charge in [0.25, 0.3) is 0 Å². The Morgan fingerprint density at radius 2 is 2.06 bits per heavy atom. The molecule has 0 N–H and O–H groups in total. The van der Waals surface area contributed by atoms with Crippen LogP contribution in [0.1, 0.15) is 45.4 Å². The summed E-state index contributed by atoms with van der Waals surface area (Å²) in [6, 6.07) is 2.25. The van der Waals surface area contributed by atoms with Gasteiger partial charge in [-0.15, -0.1) is 6.42 Å². The number of carbonyl (C=O) groups is 1. The summed E-state index contributed by atoms with van der Waals surface area (Å²) in [5, 5.41) is 9.35. The minimum Gasteiger partial charge on any atom is -0.330 e. The normalized spacial score (nSPS) is 17.8. The van der Waals surface area contributed by atoms with Crippen LogP contribution in [0.3, 0.4) is 0 Å². The second kappa shape index (κ2) is 6.30. The highest BCUT2D eigenvalue weighted by Crippen LogP contribution is 2.37. The van der Waals surface area contributed by atoms with Crippen molar-refractivity contribution >= 4 is 5.91 Å². The Morgan fingerprint density at radius 3 is 2.53 bits per heavy atom. The third-order valence-electron chi connectivity index (χ3n) is 3.39. The number of carbonyl (C=O) groups excluding carboxylic acids is 1. The molecule has 0 bridgehead atoms. The summed E-state index contributed by atoms with van der Waals surface area (Å²) in [5.74, 6) is 2.45. The van der Waals surface area contributed by atoms with Crippen molar-refractivity contribution < 1.29 is 4.79 Å². The second-order valence-corrected chi connectivity index (χ2v) is 4.69. The van der Waals surface area contributed by atoms with Gasteiger partial charge in [0.05, 0.1) is 12.6 Å². The molecule has 0 heterocycles. The first kappa shape index (κ1) is 13.6. The van der Waals surface area contributed by atoms with E-state index in [2.05, 4.69) is 12.0 Å². The van der Waals surface area contributed by atoms with Crippen LogP contribution >= 0.6 is 0 Å². The topological polar surface area (TPSA) is 44.1 Å². The fourth-order valence-corrected chi connectivity index (χ4v) is 2.46. The zero-order valence-corrected chi connectivity index (χ0v) is 10.5. The van der Waals surface area contributed by atoms with Crippen LogP contribution in [0.5, 0.6) is 0 Å². The molecule has 0 saturated heterocycles. The highest BCUT2D eigenvalue weighted by atomic mass is 16.2. The summed E-state index contributed by atoms with van der Waals surface area (Å²) in [7, 11) is 0. The molecule has 1 aliphatic carbocycles. The van der Waals surface area contributed by atoms with Gasteiger partial charge in [-0.3, -0.25) is 4.79 Å². The summed E-state index contributed by atoms with van der Waals surface area (Å²) in [6.07, 6.45) is 10.6. The molecule has 0 aromatic heterocycles. The smallest absolute Gasteiger partial charge is 0.243 e. The van der Waals surface area contributed by atoms with Crippen molar-refractivity contribution in [1.29, 1.82) is 5.26 Å². The fourth-order valence-electron chi connectivity index (χ4n) is 2.46. The van der Waals surface area contributed by atoms with Crippen molar-refractivity contribution in [3.05, 3.63) is 0 Å². The standard InChI is InChI=1S/C14H20N2O/c1-3-10-16(11-4-2)13(17)14(12-15)8-6-5-7-9-14/h1H,4-11H2,2H3. The first-order valence-corrected chi connectivity index (χ1v) is 6.34. The van der Waals surface area contributed by atoms with Crippen molar-refractivity contribution in [1.82, 2.24) is 4.90 Å². The van der Waals surface area contributed by atoms with Crippen LogP contribution in [0.15, 0.2) is 0 Å². The molecular weight excluding hydrogens is 212 g/mol. The third kappa shape index (κ3) is 3.01. The van der Waals surface area contributed by atoms with E-state index in [0.29, 0.717) is 25.9 Å². The van der Waals surface area contributed by atoms with Gasteiger partial charge in [0.2, 0.25) is 5.91 Å². The van der Waals surface area contributed by atoms with Gasteiger partial charge in [-0.25, -0.2) is 0 Å². The average Bonchev–Trinajstić information content (AvgIpc) is 2.38. The van der Waals surface area contributed by atoms with E-state index in [1.807, 2.05) is 6.92 Å². The number of rotatable bonds is 4. The molecule has 1 saturated carbocycles. The average molecular weight is 232 g/mol. The molecule has 0 aliphatic heterocycles. The maximum absolute atomic E-state index is 12.4. The molecule has 1 rings (SSSR count). The van der Waals surface area contributed by atoms with E-state index in [1.165, 1.54) is 0 Å². The summed E-state index contributed by atoms with van der Waals surface area (Å²) in [5.41, 5.74) is -0.801. The minimum absolute atomic E-state index is 0.0560. The molecule has 0 aromatic carbocycles. The van der Waals surface area contributed by atoms with Crippen LogP contribution in [-0.4, -0.2) is 23.9 Å². The SMILES string of the molecule is C#CCN(CCC)C(=O)C1(C#N)CCCCC1. The highest BCUT2D eigenvalue weighted by Gasteiger charge is 2.42. The van der Waals surface area contributed by atoms with Crippen LogP contribution in [0, 0.1) is 29.1 Å². The molecular formula is C14H20N2O. The first-order chi connectivity index (χ1) is 8.20.